The van der Waals surface area contributed by atoms with Crippen molar-refractivity contribution < 1.29 is 35.8 Å². The van der Waals surface area contributed by atoms with Crippen molar-refractivity contribution in [1.82, 2.24) is 0 Å². The fraction of sp³-hybridized carbons (Fsp3) is 0.548. The molecule has 1 heterocycles. The van der Waals surface area contributed by atoms with Crippen molar-refractivity contribution in [2.45, 2.75) is 84.8 Å². The number of carbonyl (C=O) groups is 2. The lowest BCUT2D eigenvalue weighted by atomic mass is 10.1. The summed E-state index contributed by atoms with van der Waals surface area (Å²) >= 11 is 0. The van der Waals surface area contributed by atoms with Crippen molar-refractivity contribution in [3.8, 4) is 0 Å². The van der Waals surface area contributed by atoms with Gasteiger partial charge < -0.3 is 26.2 Å². The summed E-state index contributed by atoms with van der Waals surface area (Å²) < 4.78 is 6.50. The molecule has 0 saturated carbocycles. The molecule has 2 aromatic rings. The number of rotatable bonds is 10. The maximum absolute atomic E-state index is 13.3. The minimum absolute atomic E-state index is 0. The minimum Gasteiger partial charge on any atom is -1.00 e. The van der Waals surface area contributed by atoms with Crippen molar-refractivity contribution in [3.05, 3.63) is 65.7 Å². The smallest absolute Gasteiger partial charge is 0.414 e. The zero-order valence-electron chi connectivity index (χ0n) is 23.2. The molecule has 6 heteroatoms. The summed E-state index contributed by atoms with van der Waals surface area (Å²) in [5.41, 5.74) is 2.58. The molecule has 0 N–H and O–H groups in total. The van der Waals surface area contributed by atoms with Crippen molar-refractivity contribution in [3.63, 3.8) is 0 Å². The van der Waals surface area contributed by atoms with E-state index < -0.39 is 5.60 Å². The van der Waals surface area contributed by atoms with Gasteiger partial charge in [0.2, 0.25) is 0 Å². The van der Waals surface area contributed by atoms with Crippen LogP contribution in [0.25, 0.3) is 0 Å². The molecule has 0 aromatic heterocycles. The van der Waals surface area contributed by atoms with Gasteiger partial charge >= 0.3 is 6.09 Å². The second-order valence-corrected chi connectivity index (χ2v) is 11.4. The molecule has 1 fully saturated rings. The number of unbranched alkanes of at least 4 members (excludes halogenated alkanes) is 1. The molecule has 0 radical (unpaired) electrons. The molecular weight excluding hydrogens is 528 g/mol. The number of likely N-dealkylation sites (tertiary alicyclic amines) is 1. The van der Waals surface area contributed by atoms with Crippen molar-refractivity contribution >= 4 is 17.6 Å². The number of hydrogen-bond acceptors (Lipinski definition) is 3. The number of ether oxygens (including phenoxy) is 1. The van der Waals surface area contributed by atoms with Crippen LogP contribution in [0.2, 0.25) is 0 Å². The van der Waals surface area contributed by atoms with E-state index in [0.29, 0.717) is 19.5 Å². The quantitative estimate of drug-likeness (QED) is 0.405. The number of benzene rings is 2. The normalized spacial score (nSPS) is 15.2. The van der Waals surface area contributed by atoms with E-state index in [4.69, 9.17) is 4.74 Å². The number of hydrogen-bond donors (Lipinski definition) is 0. The predicted octanol–water partition coefficient (Wildman–Crippen LogP) is 3.93. The first kappa shape index (κ1) is 31.0. The second-order valence-electron chi connectivity index (χ2n) is 11.4. The van der Waals surface area contributed by atoms with Gasteiger partial charge in [0.25, 0.3) is 0 Å². The SMILES string of the molecule is CCCCN(C(=O)OC(C)(C)C)c1ccc(CC(=O)C[N+]2(Cc3ccccc3)CCCCCC2)cc1.[Br-]. The van der Waals surface area contributed by atoms with Gasteiger partial charge in [0, 0.05) is 24.2 Å². The Bertz CT molecular complexity index is 962. The molecule has 0 bridgehead atoms. The Labute approximate surface area is 234 Å². The maximum Gasteiger partial charge on any atom is 0.414 e. The Morgan fingerprint density at radius 3 is 2.08 bits per heavy atom. The van der Waals surface area contributed by atoms with Crippen molar-refractivity contribution in [2.75, 3.05) is 31.1 Å². The average Bonchev–Trinajstić information content (AvgIpc) is 3.05. The number of Topliss-reactive ketones (excluding diaryl/α,β-unsaturated/α-hetero) is 1. The first-order chi connectivity index (χ1) is 17.2. The lowest BCUT2D eigenvalue weighted by molar-refractivity contribution is -0.932. The van der Waals surface area contributed by atoms with Crippen LogP contribution in [0.1, 0.15) is 77.3 Å². The highest BCUT2D eigenvalue weighted by Gasteiger charge is 2.31. The Hall–Kier alpha value is -2.18. The van der Waals surface area contributed by atoms with Gasteiger partial charge in [-0.1, -0.05) is 55.8 Å². The van der Waals surface area contributed by atoms with Crippen molar-refractivity contribution in [2.24, 2.45) is 0 Å². The molecule has 1 saturated heterocycles. The van der Waals surface area contributed by atoms with Gasteiger partial charge in [-0.2, -0.15) is 0 Å². The van der Waals surface area contributed by atoms with E-state index in [2.05, 4.69) is 37.3 Å². The monoisotopic (exact) mass is 572 g/mol. The largest absolute Gasteiger partial charge is 1.00 e. The van der Waals surface area contributed by atoms with Gasteiger partial charge in [0.05, 0.1) is 13.1 Å². The third kappa shape index (κ3) is 10.2. The first-order valence-corrected chi connectivity index (χ1v) is 13.7. The fourth-order valence-corrected chi connectivity index (χ4v) is 5.11. The number of carbonyl (C=O) groups excluding carboxylic acids is 2. The molecule has 0 unspecified atom stereocenters. The molecule has 37 heavy (non-hydrogen) atoms. The van der Waals surface area contributed by atoms with Crippen LogP contribution in [0.5, 0.6) is 0 Å². The van der Waals surface area contributed by atoms with E-state index in [-0.39, 0.29) is 28.9 Å². The molecule has 0 aliphatic carbocycles. The van der Waals surface area contributed by atoms with Crippen LogP contribution in [0.3, 0.4) is 0 Å². The number of nitrogens with zero attached hydrogens (tertiary/aromatic N) is 2. The molecule has 0 spiro atoms. The lowest BCUT2D eigenvalue weighted by Gasteiger charge is -2.37. The standard InChI is InChI=1S/C31H45N2O3.BrH/c1-5-6-20-32(30(35)36-31(2,3)4)28-18-16-26(17-19-28)23-29(34)25-33(21-12-7-8-13-22-33)24-27-14-10-9-11-15-27;/h9-11,14-19H,5-8,12-13,20-25H2,1-4H3;1H/q+1;/p-1. The van der Waals surface area contributed by atoms with E-state index in [0.717, 1.165) is 48.2 Å². The summed E-state index contributed by atoms with van der Waals surface area (Å²) in [5, 5.41) is 0. The highest BCUT2D eigenvalue weighted by atomic mass is 79.9. The van der Waals surface area contributed by atoms with Gasteiger partial charge in [-0.3, -0.25) is 9.69 Å². The Kier molecular flexibility index (Phi) is 12.3. The summed E-state index contributed by atoms with van der Waals surface area (Å²) in [5.74, 6) is 0.288. The summed E-state index contributed by atoms with van der Waals surface area (Å²) in [6.07, 6.45) is 6.90. The van der Waals surface area contributed by atoms with Gasteiger partial charge in [-0.15, -0.1) is 0 Å². The van der Waals surface area contributed by atoms with Crippen LogP contribution in [0.4, 0.5) is 10.5 Å². The van der Waals surface area contributed by atoms with E-state index in [1.807, 2.05) is 45.0 Å². The maximum atomic E-state index is 13.3. The molecule has 1 aliphatic heterocycles. The average molecular weight is 574 g/mol. The Morgan fingerprint density at radius 2 is 1.51 bits per heavy atom. The molecule has 2 aromatic carbocycles. The molecule has 204 valence electrons. The topological polar surface area (TPSA) is 46.6 Å². The molecule has 3 rings (SSSR count). The number of ketones is 1. The predicted molar refractivity (Wildman–Crippen MR) is 147 cm³/mol. The van der Waals surface area contributed by atoms with E-state index in [9.17, 15) is 9.59 Å². The van der Waals surface area contributed by atoms with E-state index in [1.165, 1.54) is 31.2 Å². The Morgan fingerprint density at radius 1 is 0.892 bits per heavy atom. The highest BCUT2D eigenvalue weighted by Crippen LogP contribution is 2.24. The van der Waals surface area contributed by atoms with Crippen LogP contribution in [-0.2, 0) is 22.5 Å². The lowest BCUT2D eigenvalue weighted by Crippen LogP contribution is -3.00. The highest BCUT2D eigenvalue weighted by molar-refractivity contribution is 5.88. The number of amides is 1. The molecular formula is C31H45BrN2O3. The van der Waals surface area contributed by atoms with E-state index >= 15 is 0 Å². The Balaban J connectivity index is 0.00000481. The van der Waals surface area contributed by atoms with Gasteiger partial charge in [0.1, 0.15) is 18.7 Å². The van der Waals surface area contributed by atoms with Crippen molar-refractivity contribution in [1.29, 1.82) is 0 Å². The van der Waals surface area contributed by atoms with Gasteiger partial charge in [-0.05, 0) is 70.6 Å². The summed E-state index contributed by atoms with van der Waals surface area (Å²) in [6, 6.07) is 18.5. The summed E-state index contributed by atoms with van der Waals surface area (Å²) in [7, 11) is 0. The third-order valence-electron chi connectivity index (χ3n) is 6.89. The minimum atomic E-state index is -0.542. The second kappa shape index (κ2) is 14.7. The van der Waals surface area contributed by atoms with Crippen LogP contribution in [-0.4, -0.2) is 48.1 Å². The number of anilines is 1. The van der Waals surface area contributed by atoms with Crippen LogP contribution in [0.15, 0.2) is 54.6 Å². The van der Waals surface area contributed by atoms with E-state index in [1.54, 1.807) is 4.90 Å². The molecule has 0 atom stereocenters. The zero-order valence-corrected chi connectivity index (χ0v) is 24.8. The number of quaternary nitrogens is 1. The fourth-order valence-electron chi connectivity index (χ4n) is 5.11. The summed E-state index contributed by atoms with van der Waals surface area (Å²) in [6.45, 7) is 12.0. The van der Waals surface area contributed by atoms with Crippen LogP contribution >= 0.6 is 0 Å². The molecule has 5 nitrogen and oxygen atoms in total. The summed E-state index contributed by atoms with van der Waals surface area (Å²) in [4.78, 5) is 27.8. The third-order valence-corrected chi connectivity index (χ3v) is 6.89. The number of halogens is 1. The van der Waals surface area contributed by atoms with Crippen LogP contribution in [0, 0.1) is 0 Å². The molecule has 1 aliphatic rings. The molecule has 1 amide bonds. The zero-order chi connectivity index (χ0) is 26.0. The van der Waals surface area contributed by atoms with Crippen LogP contribution < -0.4 is 21.9 Å². The first-order valence-electron chi connectivity index (χ1n) is 13.7. The van der Waals surface area contributed by atoms with Gasteiger partial charge in [-0.25, -0.2) is 4.79 Å². The van der Waals surface area contributed by atoms with Gasteiger partial charge in [0.15, 0.2) is 5.78 Å².